The molecule has 216 valence electrons. The molecule has 0 N–H and O–H groups in total. The molecule has 0 atom stereocenters. The lowest BCUT2D eigenvalue weighted by Crippen LogP contribution is -2.16. The van der Waals surface area contributed by atoms with Gasteiger partial charge in [-0.15, -0.1) is 21.5 Å². The van der Waals surface area contributed by atoms with E-state index in [9.17, 15) is 4.79 Å². The summed E-state index contributed by atoms with van der Waals surface area (Å²) in [7, 11) is 0. The Labute approximate surface area is 260 Å². The Hall–Kier alpha value is -3.44. The largest absolute Gasteiger partial charge is 0.483 e. The van der Waals surface area contributed by atoms with Crippen LogP contribution in [0.2, 0.25) is 10.0 Å². The van der Waals surface area contributed by atoms with E-state index in [-0.39, 0.29) is 29.0 Å². The first-order chi connectivity index (χ1) is 20.1. The zero-order valence-electron chi connectivity index (χ0n) is 22.9. The fraction of sp³-hybridized carbons (Fsp3) is 0.276. The number of nitrogens with zero attached hydrogens (tertiary/aromatic N) is 6. The maximum absolute atomic E-state index is 12.7. The summed E-state index contributed by atoms with van der Waals surface area (Å²) in [6.45, 7) is 6.20. The standard InChI is InChI=1S/C29H25Cl3N6O3S/c1-29(2,3)27-35-38(28(39)41-27)23-12-17(30)11-20(31)26(23)40-15-18-14-37(36-34-18)13-16-6-8-21-19(25(16)32)7-9-22(33-21)24-5-4-10-42-24/h4-5,7,9-12,14H,6,8,13,15H2,1-3H3. The Morgan fingerprint density at radius 1 is 1.12 bits per heavy atom. The summed E-state index contributed by atoms with van der Waals surface area (Å²) in [6.07, 6.45) is 3.35. The van der Waals surface area contributed by atoms with Gasteiger partial charge in [-0.05, 0) is 54.1 Å². The van der Waals surface area contributed by atoms with Crippen molar-refractivity contribution in [2.75, 3.05) is 0 Å². The van der Waals surface area contributed by atoms with Crippen LogP contribution in [-0.4, -0.2) is 29.8 Å². The second-order valence-corrected chi connectivity index (χ2v) is 13.0. The number of rotatable bonds is 7. The predicted octanol–water partition coefficient (Wildman–Crippen LogP) is 7.32. The van der Waals surface area contributed by atoms with Crippen molar-refractivity contribution in [1.29, 1.82) is 0 Å². The molecule has 6 rings (SSSR count). The number of fused-ring (bicyclic) bond motifs is 1. The van der Waals surface area contributed by atoms with Crippen molar-refractivity contribution in [3.8, 4) is 22.0 Å². The first-order valence-corrected chi connectivity index (χ1v) is 15.1. The molecule has 0 saturated heterocycles. The molecule has 0 bridgehead atoms. The summed E-state index contributed by atoms with van der Waals surface area (Å²) < 4.78 is 14.2. The zero-order valence-corrected chi connectivity index (χ0v) is 26.0. The molecule has 0 fully saturated rings. The van der Waals surface area contributed by atoms with Gasteiger partial charge in [-0.3, -0.25) is 4.98 Å². The third kappa shape index (κ3) is 5.76. The van der Waals surface area contributed by atoms with E-state index in [0.717, 1.165) is 44.9 Å². The third-order valence-electron chi connectivity index (χ3n) is 6.67. The molecule has 0 spiro atoms. The van der Waals surface area contributed by atoms with E-state index in [4.69, 9.17) is 48.9 Å². The lowest BCUT2D eigenvalue weighted by Gasteiger charge is -2.19. The molecule has 13 heteroatoms. The molecule has 0 saturated carbocycles. The average molecular weight is 644 g/mol. The molecule has 4 heterocycles. The lowest BCUT2D eigenvalue weighted by atomic mass is 9.95. The van der Waals surface area contributed by atoms with Gasteiger partial charge in [0, 0.05) is 16.0 Å². The minimum absolute atomic E-state index is 0.0398. The summed E-state index contributed by atoms with van der Waals surface area (Å²) in [5.41, 5.74) is 4.31. The molecule has 4 aromatic heterocycles. The Balaban J connectivity index is 1.20. The maximum atomic E-state index is 12.7. The zero-order chi connectivity index (χ0) is 29.6. The van der Waals surface area contributed by atoms with Gasteiger partial charge in [0.1, 0.15) is 18.0 Å². The van der Waals surface area contributed by atoms with Crippen LogP contribution in [0.1, 0.15) is 50.0 Å². The van der Waals surface area contributed by atoms with Crippen LogP contribution in [0.5, 0.6) is 5.75 Å². The molecule has 9 nitrogen and oxygen atoms in total. The van der Waals surface area contributed by atoms with Gasteiger partial charge in [-0.25, -0.2) is 9.48 Å². The quantitative estimate of drug-likeness (QED) is 0.183. The van der Waals surface area contributed by atoms with Gasteiger partial charge in [0.25, 0.3) is 0 Å². The van der Waals surface area contributed by atoms with E-state index in [2.05, 4.69) is 21.5 Å². The number of hydrogen-bond acceptors (Lipinski definition) is 8. The van der Waals surface area contributed by atoms with Gasteiger partial charge in [0.05, 0.1) is 39.1 Å². The number of halogens is 3. The predicted molar refractivity (Wildman–Crippen MR) is 164 cm³/mol. The molecule has 0 aliphatic heterocycles. The van der Waals surface area contributed by atoms with Crippen LogP contribution >= 0.6 is 46.1 Å². The molecular weight excluding hydrogens is 619 g/mol. The summed E-state index contributed by atoms with van der Waals surface area (Å²) in [6, 6.07) is 11.2. The van der Waals surface area contributed by atoms with Crippen LogP contribution in [0.4, 0.5) is 0 Å². The van der Waals surface area contributed by atoms with Crippen molar-refractivity contribution < 1.29 is 9.15 Å². The first-order valence-electron chi connectivity index (χ1n) is 13.1. The second kappa shape index (κ2) is 11.3. The number of allylic oxidation sites excluding steroid dienone is 1. The number of pyridine rings is 1. The molecule has 42 heavy (non-hydrogen) atoms. The molecule has 0 amide bonds. The van der Waals surface area contributed by atoms with Crippen molar-refractivity contribution in [3.05, 3.63) is 97.0 Å². The highest BCUT2D eigenvalue weighted by Crippen LogP contribution is 2.37. The lowest BCUT2D eigenvalue weighted by molar-refractivity contribution is 0.299. The van der Waals surface area contributed by atoms with E-state index >= 15 is 0 Å². The Kier molecular flexibility index (Phi) is 7.74. The molecular formula is C29H25Cl3N6O3S. The van der Waals surface area contributed by atoms with Crippen LogP contribution in [0.15, 0.2) is 62.8 Å². The fourth-order valence-electron chi connectivity index (χ4n) is 4.58. The smallest absolute Gasteiger partial charge is 0.442 e. The summed E-state index contributed by atoms with van der Waals surface area (Å²) >= 11 is 21.2. The summed E-state index contributed by atoms with van der Waals surface area (Å²) in [5, 5.41) is 16.1. The van der Waals surface area contributed by atoms with Gasteiger partial charge < -0.3 is 9.15 Å². The number of aromatic nitrogens is 6. The van der Waals surface area contributed by atoms with Crippen LogP contribution in [0, 0.1) is 0 Å². The number of thiophene rings is 1. The van der Waals surface area contributed by atoms with Crippen molar-refractivity contribution in [3.63, 3.8) is 0 Å². The number of benzene rings is 1. The third-order valence-corrected chi connectivity index (χ3v) is 8.53. The Morgan fingerprint density at radius 3 is 2.69 bits per heavy atom. The highest BCUT2D eigenvalue weighted by Gasteiger charge is 2.25. The molecule has 0 radical (unpaired) electrons. The monoisotopic (exact) mass is 642 g/mol. The van der Waals surface area contributed by atoms with Crippen LogP contribution in [0.3, 0.4) is 0 Å². The maximum Gasteiger partial charge on any atom is 0.442 e. The molecule has 1 aliphatic carbocycles. The SMILES string of the molecule is CC(C)(C)c1nn(-c2cc(Cl)cc(Cl)c2OCc2cn(CC3=C(Cl)c4ccc(-c5cccs5)nc4CC3)nn2)c(=O)o1. The molecule has 5 aromatic rings. The normalized spacial score (nSPS) is 13.5. The van der Waals surface area contributed by atoms with Gasteiger partial charge in [-0.1, -0.05) is 66.9 Å². The summed E-state index contributed by atoms with van der Waals surface area (Å²) in [5.74, 6) is -0.184. The van der Waals surface area contributed by atoms with Gasteiger partial charge in [0.15, 0.2) is 5.75 Å². The Morgan fingerprint density at radius 2 is 1.95 bits per heavy atom. The molecule has 1 aromatic carbocycles. The minimum atomic E-state index is -0.675. The van der Waals surface area contributed by atoms with Crippen molar-refractivity contribution >= 4 is 51.2 Å². The summed E-state index contributed by atoms with van der Waals surface area (Å²) in [4.78, 5) is 18.6. The van der Waals surface area contributed by atoms with Crippen molar-refractivity contribution in [2.24, 2.45) is 0 Å². The van der Waals surface area contributed by atoms with E-state index in [1.807, 2.05) is 44.4 Å². The minimum Gasteiger partial charge on any atom is -0.483 e. The second-order valence-electron chi connectivity index (χ2n) is 10.9. The van der Waals surface area contributed by atoms with Crippen molar-refractivity contribution in [2.45, 2.75) is 52.2 Å². The number of aryl methyl sites for hydroxylation is 1. The van der Waals surface area contributed by atoms with Gasteiger partial charge in [0.2, 0.25) is 5.89 Å². The number of ether oxygens (including phenoxy) is 1. The van der Waals surface area contributed by atoms with E-state index in [1.54, 1.807) is 28.3 Å². The van der Waals surface area contributed by atoms with E-state index in [0.29, 0.717) is 22.3 Å². The van der Waals surface area contributed by atoms with Crippen LogP contribution in [0.25, 0.3) is 21.3 Å². The molecule has 0 unspecified atom stereocenters. The highest BCUT2D eigenvalue weighted by molar-refractivity contribution is 7.13. The van der Waals surface area contributed by atoms with E-state index in [1.165, 1.54) is 6.07 Å². The van der Waals surface area contributed by atoms with Gasteiger partial charge in [-0.2, -0.15) is 4.68 Å². The van der Waals surface area contributed by atoms with E-state index < -0.39 is 11.2 Å². The number of hydrogen-bond donors (Lipinski definition) is 0. The fourth-order valence-corrected chi connectivity index (χ4v) is 6.13. The Bertz CT molecular complexity index is 1870. The van der Waals surface area contributed by atoms with Crippen molar-refractivity contribution in [1.82, 2.24) is 29.8 Å². The average Bonchev–Trinajstić information content (AvgIpc) is 3.71. The van der Waals surface area contributed by atoms with Crippen LogP contribution < -0.4 is 10.5 Å². The van der Waals surface area contributed by atoms with Gasteiger partial charge >= 0.3 is 5.76 Å². The first kappa shape index (κ1) is 28.7. The van der Waals surface area contributed by atoms with Crippen LogP contribution in [-0.2, 0) is 25.0 Å². The highest BCUT2D eigenvalue weighted by atomic mass is 35.5. The molecule has 1 aliphatic rings. The topological polar surface area (TPSA) is 101 Å².